The number of rotatable bonds is 7. The molecule has 7 nitrogen and oxygen atoms in total. The normalized spacial score (nSPS) is 20.4. The second kappa shape index (κ2) is 8.93. The molecule has 0 saturated carbocycles. The largest absolute Gasteiger partial charge is 0.477 e. The second-order valence-electron chi connectivity index (χ2n) is 6.85. The zero-order valence-corrected chi connectivity index (χ0v) is 17.5. The van der Waals surface area contributed by atoms with Gasteiger partial charge in [0.2, 0.25) is 5.91 Å². The third-order valence-electron chi connectivity index (χ3n) is 4.84. The summed E-state index contributed by atoms with van der Waals surface area (Å²) < 4.78 is 0. The maximum atomic E-state index is 12.7. The number of thioether (sulfide) groups is 2. The molecule has 1 aromatic carbocycles. The third kappa shape index (κ3) is 4.22. The van der Waals surface area contributed by atoms with Crippen LogP contribution in [0.2, 0.25) is 0 Å². The summed E-state index contributed by atoms with van der Waals surface area (Å²) in [5.74, 6) is -0.763. The number of fused-ring (bicyclic) bond motifs is 1. The molecule has 0 aliphatic carbocycles. The van der Waals surface area contributed by atoms with Gasteiger partial charge in [0.05, 0.1) is 6.42 Å². The highest BCUT2D eigenvalue weighted by atomic mass is 32.2. The van der Waals surface area contributed by atoms with Crippen LogP contribution in [0.25, 0.3) is 0 Å². The smallest absolute Gasteiger partial charge is 0.352 e. The lowest BCUT2D eigenvalue weighted by molar-refractivity contribution is -0.150. The summed E-state index contributed by atoms with van der Waals surface area (Å²) in [6, 6.07) is 12.5. The second-order valence-corrected chi connectivity index (χ2v) is 9.00. The van der Waals surface area contributed by atoms with E-state index in [-0.39, 0.29) is 23.9 Å². The Hall–Kier alpha value is -2.78. The van der Waals surface area contributed by atoms with Crippen molar-refractivity contribution >= 4 is 41.3 Å². The Labute approximate surface area is 181 Å². The number of benzene rings is 1. The molecule has 1 aromatic heterocycles. The van der Waals surface area contributed by atoms with Crippen molar-refractivity contribution in [2.45, 2.75) is 22.7 Å². The molecule has 0 spiro atoms. The number of β-lactam (4-membered cyclic amide) rings is 1. The predicted octanol–water partition coefficient (Wildman–Crippen LogP) is 2.15. The van der Waals surface area contributed by atoms with Crippen molar-refractivity contribution in [3.8, 4) is 0 Å². The highest BCUT2D eigenvalue weighted by Crippen LogP contribution is 2.41. The van der Waals surface area contributed by atoms with E-state index in [0.717, 1.165) is 10.5 Å². The van der Waals surface area contributed by atoms with E-state index in [2.05, 4.69) is 10.3 Å². The summed E-state index contributed by atoms with van der Waals surface area (Å²) in [5, 5.41) is 12.1. The minimum atomic E-state index is -1.11. The summed E-state index contributed by atoms with van der Waals surface area (Å²) in [4.78, 5) is 43.2. The average molecular weight is 442 g/mol. The van der Waals surface area contributed by atoms with E-state index in [9.17, 15) is 19.5 Å². The molecule has 3 heterocycles. The SMILES string of the molecule is O=C(Cc1ccncc1)N[C@@H]1C(=O)N2C(C(=O)O)=C(CSc3ccccc3)CSC12. The Kier molecular flexibility index (Phi) is 6.10. The van der Waals surface area contributed by atoms with Crippen LogP contribution in [0.1, 0.15) is 5.56 Å². The van der Waals surface area contributed by atoms with Crippen molar-refractivity contribution < 1.29 is 19.5 Å². The van der Waals surface area contributed by atoms with Crippen molar-refractivity contribution in [3.05, 3.63) is 71.7 Å². The molecule has 2 aliphatic heterocycles. The number of aliphatic carboxylic acids is 1. The minimum absolute atomic E-state index is 0.0480. The van der Waals surface area contributed by atoms with Crippen molar-refractivity contribution in [1.29, 1.82) is 0 Å². The fourth-order valence-electron chi connectivity index (χ4n) is 3.39. The molecule has 2 atom stereocenters. The molecule has 2 aliphatic rings. The number of nitrogens with one attached hydrogen (secondary N) is 1. The fraction of sp³-hybridized carbons (Fsp3) is 0.238. The maximum Gasteiger partial charge on any atom is 0.352 e. The Morgan fingerprint density at radius 2 is 1.93 bits per heavy atom. The zero-order valence-electron chi connectivity index (χ0n) is 15.9. The number of amides is 2. The Morgan fingerprint density at radius 3 is 2.63 bits per heavy atom. The summed E-state index contributed by atoms with van der Waals surface area (Å²) in [6.45, 7) is 0. The first-order valence-electron chi connectivity index (χ1n) is 9.30. The van der Waals surface area contributed by atoms with E-state index in [4.69, 9.17) is 0 Å². The first-order valence-corrected chi connectivity index (χ1v) is 11.3. The van der Waals surface area contributed by atoms with Crippen molar-refractivity contribution in [2.75, 3.05) is 11.5 Å². The van der Waals surface area contributed by atoms with Crippen LogP contribution in [0, 0.1) is 0 Å². The Morgan fingerprint density at radius 1 is 1.20 bits per heavy atom. The molecular weight excluding hydrogens is 422 g/mol. The van der Waals surface area contributed by atoms with Crippen LogP contribution < -0.4 is 5.32 Å². The molecular formula is C21H19N3O4S2. The molecule has 0 bridgehead atoms. The third-order valence-corrected chi connectivity index (χ3v) is 7.27. The van der Waals surface area contributed by atoms with E-state index < -0.39 is 17.4 Å². The van der Waals surface area contributed by atoms with Crippen molar-refractivity contribution in [1.82, 2.24) is 15.2 Å². The zero-order chi connectivity index (χ0) is 21.1. The van der Waals surface area contributed by atoms with E-state index in [1.54, 1.807) is 36.3 Å². The summed E-state index contributed by atoms with van der Waals surface area (Å²) >= 11 is 3.03. The monoisotopic (exact) mass is 441 g/mol. The van der Waals surface area contributed by atoms with Gasteiger partial charge in [-0.2, -0.15) is 0 Å². The number of nitrogens with zero attached hydrogens (tertiary/aromatic N) is 2. The lowest BCUT2D eigenvalue weighted by Gasteiger charge is -2.49. The van der Waals surface area contributed by atoms with Crippen LogP contribution in [-0.2, 0) is 20.8 Å². The molecule has 1 unspecified atom stereocenters. The average Bonchev–Trinajstić information content (AvgIpc) is 2.76. The number of pyridine rings is 1. The van der Waals surface area contributed by atoms with Gasteiger partial charge in [-0.25, -0.2) is 4.79 Å². The Balaban J connectivity index is 1.43. The molecule has 1 fully saturated rings. The van der Waals surface area contributed by atoms with Gasteiger partial charge in [0.15, 0.2) is 0 Å². The van der Waals surface area contributed by atoms with Crippen LogP contribution in [0.5, 0.6) is 0 Å². The lowest BCUT2D eigenvalue weighted by atomic mass is 10.0. The van der Waals surface area contributed by atoms with Gasteiger partial charge in [-0.05, 0) is 35.4 Å². The number of carbonyl (C=O) groups is 3. The number of hydrogen-bond donors (Lipinski definition) is 2. The number of carboxylic acids is 1. The number of aromatic nitrogens is 1. The maximum absolute atomic E-state index is 12.7. The molecule has 4 rings (SSSR count). The van der Waals surface area contributed by atoms with E-state index in [1.807, 2.05) is 30.3 Å². The summed E-state index contributed by atoms with van der Waals surface area (Å²) in [6.07, 6.45) is 3.35. The Bertz CT molecular complexity index is 998. The lowest BCUT2D eigenvalue weighted by Crippen LogP contribution is -2.70. The van der Waals surface area contributed by atoms with Crippen molar-refractivity contribution in [2.24, 2.45) is 0 Å². The van der Waals surface area contributed by atoms with Crippen LogP contribution in [0.3, 0.4) is 0 Å². The molecule has 154 valence electrons. The first-order chi connectivity index (χ1) is 14.5. The van der Waals surface area contributed by atoms with Crippen LogP contribution in [-0.4, -0.2) is 55.7 Å². The van der Waals surface area contributed by atoms with Gasteiger partial charge < -0.3 is 10.4 Å². The van der Waals surface area contributed by atoms with Gasteiger partial charge >= 0.3 is 5.97 Å². The summed E-state index contributed by atoms with van der Waals surface area (Å²) in [5.41, 5.74) is 1.56. The molecule has 9 heteroatoms. The molecule has 0 radical (unpaired) electrons. The first kappa shape index (κ1) is 20.5. The highest BCUT2D eigenvalue weighted by Gasteiger charge is 2.54. The summed E-state index contributed by atoms with van der Waals surface area (Å²) in [7, 11) is 0. The van der Waals surface area contributed by atoms with Gasteiger partial charge in [0.25, 0.3) is 5.91 Å². The van der Waals surface area contributed by atoms with Crippen molar-refractivity contribution in [3.63, 3.8) is 0 Å². The molecule has 2 aromatic rings. The standard InChI is InChI=1S/C21H19N3O4S2/c25-16(10-13-6-8-22-9-7-13)23-17-19(26)24-18(21(27)28)14(12-30-20(17)24)11-29-15-4-2-1-3-5-15/h1-9,17,20H,10-12H2,(H,23,25)(H,27,28)/t17-,20?/m1/s1. The van der Waals surface area contributed by atoms with E-state index >= 15 is 0 Å². The molecule has 1 saturated heterocycles. The fourth-order valence-corrected chi connectivity index (χ4v) is 5.80. The van der Waals surface area contributed by atoms with Gasteiger partial charge in [0.1, 0.15) is 17.1 Å². The van der Waals surface area contributed by atoms with Gasteiger partial charge in [-0.3, -0.25) is 19.5 Å². The number of carboxylic acid groups (broad SMARTS) is 1. The molecule has 2 N–H and O–H groups in total. The number of carbonyl (C=O) groups excluding carboxylic acids is 2. The highest BCUT2D eigenvalue weighted by molar-refractivity contribution is 8.01. The topological polar surface area (TPSA) is 99.6 Å². The predicted molar refractivity (Wildman–Crippen MR) is 115 cm³/mol. The molecule has 2 amide bonds. The van der Waals surface area contributed by atoms with E-state index in [1.165, 1.54) is 16.7 Å². The number of hydrogen-bond acceptors (Lipinski definition) is 6. The van der Waals surface area contributed by atoms with Crippen LogP contribution >= 0.6 is 23.5 Å². The van der Waals surface area contributed by atoms with Crippen LogP contribution in [0.15, 0.2) is 71.0 Å². The van der Waals surface area contributed by atoms with Gasteiger partial charge in [-0.15, -0.1) is 23.5 Å². The van der Waals surface area contributed by atoms with Gasteiger partial charge in [-0.1, -0.05) is 18.2 Å². The van der Waals surface area contributed by atoms with Crippen LogP contribution in [0.4, 0.5) is 0 Å². The van der Waals surface area contributed by atoms with E-state index in [0.29, 0.717) is 17.1 Å². The van der Waals surface area contributed by atoms with Gasteiger partial charge in [0, 0.05) is 28.8 Å². The quantitative estimate of drug-likeness (QED) is 0.502. The minimum Gasteiger partial charge on any atom is -0.477 e. The molecule has 30 heavy (non-hydrogen) atoms.